The quantitative estimate of drug-likeness (QED) is 0.679. The van der Waals surface area contributed by atoms with Gasteiger partial charge in [0.05, 0.1) is 29.7 Å². The van der Waals surface area contributed by atoms with Crippen LogP contribution < -0.4 is 10.5 Å². The average Bonchev–Trinajstić information content (AvgIpc) is 3.06. The zero-order valence-corrected chi connectivity index (χ0v) is 18.5. The molecule has 3 heterocycles. The maximum absolute atomic E-state index is 13.3. The van der Waals surface area contributed by atoms with Gasteiger partial charge in [-0.2, -0.15) is 0 Å². The highest BCUT2D eigenvalue weighted by molar-refractivity contribution is 5.82. The summed E-state index contributed by atoms with van der Waals surface area (Å²) in [5.74, 6) is 0.788. The zero-order chi connectivity index (χ0) is 21.3. The Kier molecular flexibility index (Phi) is 5.73. The fourth-order valence-electron chi connectivity index (χ4n) is 4.58. The molecule has 0 saturated carbocycles. The highest BCUT2D eigenvalue weighted by Crippen LogP contribution is 2.25. The highest BCUT2D eigenvalue weighted by Gasteiger charge is 2.37. The third kappa shape index (κ3) is 3.78. The van der Waals surface area contributed by atoms with Gasteiger partial charge >= 0.3 is 0 Å². The largest absolute Gasteiger partial charge is 0.322 e. The number of aryl methyl sites for hydroxylation is 1. The van der Waals surface area contributed by atoms with Crippen LogP contribution in [-0.4, -0.2) is 38.3 Å². The lowest BCUT2D eigenvalue weighted by molar-refractivity contribution is -0.925. The normalized spacial score (nSPS) is 17.2. The van der Waals surface area contributed by atoms with Crippen LogP contribution >= 0.6 is 0 Å². The van der Waals surface area contributed by atoms with Crippen molar-refractivity contribution >= 4 is 10.9 Å². The molecule has 7 nitrogen and oxygen atoms in total. The smallest absolute Gasteiger partial charge is 0.258 e. The molecule has 4 rings (SSSR count). The summed E-state index contributed by atoms with van der Waals surface area (Å²) in [5.41, 5.74) is 2.48. The van der Waals surface area contributed by atoms with Crippen LogP contribution in [0, 0.1) is 6.92 Å². The number of rotatable bonds is 5. The van der Waals surface area contributed by atoms with Crippen molar-refractivity contribution in [3.8, 4) is 0 Å². The van der Waals surface area contributed by atoms with Gasteiger partial charge in [-0.15, -0.1) is 5.10 Å². The Hall–Kier alpha value is -2.54. The van der Waals surface area contributed by atoms with Crippen LogP contribution in [0.4, 0.5) is 0 Å². The molecule has 1 atom stereocenters. The van der Waals surface area contributed by atoms with Crippen LogP contribution in [0.2, 0.25) is 0 Å². The molecular weight excluding hydrogens is 376 g/mol. The summed E-state index contributed by atoms with van der Waals surface area (Å²) in [4.78, 5) is 17.9. The summed E-state index contributed by atoms with van der Waals surface area (Å²) in [6.45, 7) is 10.5. The molecular formula is C23H33N6O+. The average molecular weight is 410 g/mol. The molecule has 0 radical (unpaired) electrons. The number of hydrogen-bond donors (Lipinski definition) is 2. The molecule has 2 N–H and O–H groups in total. The van der Waals surface area contributed by atoms with Crippen molar-refractivity contribution in [2.45, 2.75) is 71.4 Å². The molecule has 7 heteroatoms. The van der Waals surface area contributed by atoms with Crippen molar-refractivity contribution in [1.29, 1.82) is 0 Å². The maximum atomic E-state index is 13.3. The molecule has 0 spiro atoms. The van der Waals surface area contributed by atoms with Crippen molar-refractivity contribution in [1.82, 2.24) is 25.2 Å². The maximum Gasteiger partial charge on any atom is 0.258 e. The van der Waals surface area contributed by atoms with E-state index >= 15 is 0 Å². The summed E-state index contributed by atoms with van der Waals surface area (Å²) in [6, 6.07) is 8.01. The summed E-state index contributed by atoms with van der Waals surface area (Å²) in [5, 5.41) is 13.9. The Morgan fingerprint density at radius 2 is 1.93 bits per heavy atom. The number of fused-ring (bicyclic) bond motifs is 1. The fraction of sp³-hybridized carbons (Fsp3) is 0.565. The summed E-state index contributed by atoms with van der Waals surface area (Å²) in [6.07, 6.45) is 5.72. The van der Waals surface area contributed by atoms with Gasteiger partial charge in [-0.1, -0.05) is 25.1 Å². The topological polar surface area (TPSA) is 80.9 Å². The number of benzene rings is 1. The number of nitrogens with zero attached hydrogens (tertiary/aromatic N) is 4. The Morgan fingerprint density at radius 1 is 1.20 bits per heavy atom. The van der Waals surface area contributed by atoms with Crippen molar-refractivity contribution in [3.05, 3.63) is 51.6 Å². The fourth-order valence-corrected chi connectivity index (χ4v) is 4.58. The lowest BCUT2D eigenvalue weighted by Gasteiger charge is -2.30. The predicted octanol–water partition coefficient (Wildman–Crippen LogP) is 2.52. The lowest BCUT2D eigenvalue weighted by Crippen LogP contribution is -3.12. The van der Waals surface area contributed by atoms with Gasteiger partial charge in [0.15, 0.2) is 6.04 Å². The standard InChI is InChI=1S/C23H32N6O/c1-5-23(3,4)29-21(25-26-27-29)20(28-13-8-6-7-9-14-28)18-15-17-12-10-11-16(2)19(17)24-22(18)30/h10-12,15,20H,5-9,13-14H2,1-4H3,(H,24,30)/p+1/t20-/m0/s1. The first-order chi connectivity index (χ1) is 14.4. The van der Waals surface area contributed by atoms with Crippen LogP contribution in [-0.2, 0) is 5.54 Å². The minimum atomic E-state index is -0.220. The van der Waals surface area contributed by atoms with Gasteiger partial charge in [-0.3, -0.25) is 4.79 Å². The van der Waals surface area contributed by atoms with E-state index in [0.717, 1.165) is 60.2 Å². The second-order valence-electron chi connectivity index (χ2n) is 9.21. The Bertz CT molecular complexity index is 1070. The molecule has 1 fully saturated rings. The van der Waals surface area contributed by atoms with E-state index in [9.17, 15) is 4.79 Å². The van der Waals surface area contributed by atoms with E-state index in [1.807, 2.05) is 23.7 Å². The number of H-pyrrole nitrogens is 1. The van der Waals surface area contributed by atoms with Gasteiger partial charge in [0.2, 0.25) is 5.82 Å². The van der Waals surface area contributed by atoms with E-state index in [1.54, 1.807) is 0 Å². The molecule has 0 bridgehead atoms. The third-order valence-corrected chi connectivity index (χ3v) is 6.77. The molecule has 2 aromatic heterocycles. The van der Waals surface area contributed by atoms with E-state index < -0.39 is 0 Å². The number of para-hydroxylation sites is 1. The van der Waals surface area contributed by atoms with Gasteiger partial charge in [0, 0.05) is 0 Å². The highest BCUT2D eigenvalue weighted by atomic mass is 16.1. The number of tetrazole rings is 1. The monoisotopic (exact) mass is 409 g/mol. The molecule has 1 aliphatic rings. The number of hydrogen-bond acceptors (Lipinski definition) is 4. The Morgan fingerprint density at radius 3 is 2.63 bits per heavy atom. The molecule has 3 aromatic rings. The summed E-state index contributed by atoms with van der Waals surface area (Å²) < 4.78 is 1.94. The summed E-state index contributed by atoms with van der Waals surface area (Å²) >= 11 is 0. The van der Waals surface area contributed by atoms with Crippen LogP contribution in [0.1, 0.15) is 75.9 Å². The molecule has 1 aliphatic heterocycles. The van der Waals surface area contributed by atoms with E-state index in [-0.39, 0.29) is 17.1 Å². The first-order valence-electron chi connectivity index (χ1n) is 11.2. The number of nitrogens with one attached hydrogen (secondary N) is 2. The second kappa shape index (κ2) is 8.30. The molecule has 30 heavy (non-hydrogen) atoms. The van der Waals surface area contributed by atoms with Crippen molar-refractivity contribution < 1.29 is 4.90 Å². The summed E-state index contributed by atoms with van der Waals surface area (Å²) in [7, 11) is 0. The molecule has 1 aromatic carbocycles. The van der Waals surface area contributed by atoms with E-state index in [2.05, 4.69) is 53.4 Å². The predicted molar refractivity (Wildman–Crippen MR) is 118 cm³/mol. The van der Waals surface area contributed by atoms with E-state index in [0.29, 0.717) is 0 Å². The number of pyridine rings is 1. The Balaban J connectivity index is 1.91. The zero-order valence-electron chi connectivity index (χ0n) is 18.5. The number of aromatic amines is 1. The van der Waals surface area contributed by atoms with Gasteiger partial charge in [-0.05, 0) is 80.3 Å². The first kappa shape index (κ1) is 20.7. The molecule has 0 amide bonds. The number of aromatic nitrogens is 5. The number of likely N-dealkylation sites (tertiary alicyclic amines) is 1. The van der Waals surface area contributed by atoms with Crippen LogP contribution in [0.15, 0.2) is 29.1 Å². The van der Waals surface area contributed by atoms with Crippen molar-refractivity contribution in [2.75, 3.05) is 13.1 Å². The minimum Gasteiger partial charge on any atom is -0.322 e. The van der Waals surface area contributed by atoms with Gasteiger partial charge in [-0.25, -0.2) is 4.68 Å². The van der Waals surface area contributed by atoms with Crippen molar-refractivity contribution in [2.24, 2.45) is 0 Å². The van der Waals surface area contributed by atoms with Crippen molar-refractivity contribution in [3.63, 3.8) is 0 Å². The van der Waals surface area contributed by atoms with Gasteiger partial charge < -0.3 is 9.88 Å². The molecule has 1 saturated heterocycles. The third-order valence-electron chi connectivity index (χ3n) is 6.77. The van der Waals surface area contributed by atoms with Gasteiger partial charge in [0.25, 0.3) is 5.56 Å². The Labute approximate surface area is 177 Å². The van der Waals surface area contributed by atoms with Gasteiger partial charge in [0.1, 0.15) is 0 Å². The lowest BCUT2D eigenvalue weighted by atomic mass is 9.98. The van der Waals surface area contributed by atoms with Crippen LogP contribution in [0.3, 0.4) is 0 Å². The SMILES string of the molecule is CCC(C)(C)n1nnnc1[C@H](c1cc2cccc(C)c2[nH]c1=O)[NH+]1CCCCCC1. The second-order valence-corrected chi connectivity index (χ2v) is 9.21. The first-order valence-corrected chi connectivity index (χ1v) is 11.2. The van der Waals surface area contributed by atoms with Crippen LogP contribution in [0.25, 0.3) is 10.9 Å². The van der Waals surface area contributed by atoms with E-state index in [1.165, 1.54) is 17.7 Å². The minimum absolute atomic E-state index is 0.0394. The van der Waals surface area contributed by atoms with E-state index in [4.69, 9.17) is 0 Å². The van der Waals surface area contributed by atoms with Crippen LogP contribution in [0.5, 0.6) is 0 Å². The molecule has 0 unspecified atom stereocenters. The number of quaternary nitrogens is 1. The molecule has 0 aliphatic carbocycles. The molecule has 160 valence electrons.